The second-order valence-corrected chi connectivity index (χ2v) is 4.74. The van der Waals surface area contributed by atoms with Crippen molar-refractivity contribution in [1.29, 1.82) is 0 Å². The molecule has 0 aliphatic carbocycles. The van der Waals surface area contributed by atoms with Crippen LogP contribution in [0.1, 0.15) is 11.3 Å². The summed E-state index contributed by atoms with van der Waals surface area (Å²) in [5.74, 6) is 0.771. The lowest BCUT2D eigenvalue weighted by molar-refractivity contribution is 0.887. The van der Waals surface area contributed by atoms with E-state index in [-0.39, 0.29) is 10.6 Å². The number of aromatic amines is 1. The summed E-state index contributed by atoms with van der Waals surface area (Å²) in [5, 5.41) is 6.04. The van der Waals surface area contributed by atoms with Crippen LogP contribution in [-0.4, -0.2) is 19.6 Å². The molecule has 0 saturated carbocycles. The van der Waals surface area contributed by atoms with Crippen LogP contribution in [0.5, 0.6) is 0 Å². The highest BCUT2D eigenvalue weighted by atomic mass is 35.5. The normalized spacial score (nSPS) is 10.9. The van der Waals surface area contributed by atoms with Gasteiger partial charge in [0, 0.05) is 6.54 Å². The summed E-state index contributed by atoms with van der Waals surface area (Å²) in [6.07, 6.45) is 0. The lowest BCUT2D eigenvalue weighted by Gasteiger charge is -2.01. The third-order valence-corrected chi connectivity index (χ3v) is 3.34. The molecule has 2 heterocycles. The highest BCUT2D eigenvalue weighted by Crippen LogP contribution is 2.09. The van der Waals surface area contributed by atoms with E-state index in [0.717, 1.165) is 5.56 Å². The number of rotatable bonds is 3. The quantitative estimate of drug-likeness (QED) is 0.773. The van der Waals surface area contributed by atoms with Gasteiger partial charge in [0.15, 0.2) is 0 Å². The fourth-order valence-electron chi connectivity index (χ4n) is 1.86. The van der Waals surface area contributed by atoms with Gasteiger partial charge in [0.05, 0.1) is 5.69 Å². The number of nitrogens with one attached hydrogen (secondary N) is 2. The van der Waals surface area contributed by atoms with E-state index in [2.05, 4.69) is 20.4 Å². The van der Waals surface area contributed by atoms with Gasteiger partial charge < -0.3 is 5.32 Å². The minimum atomic E-state index is -0.352. The van der Waals surface area contributed by atoms with Crippen molar-refractivity contribution in [2.75, 3.05) is 5.32 Å². The maximum absolute atomic E-state index is 11.9. The molecule has 0 saturated heterocycles. The molecule has 7 heteroatoms. The third-order valence-electron chi connectivity index (χ3n) is 2.91. The molecule has 0 radical (unpaired) electrons. The van der Waals surface area contributed by atoms with Gasteiger partial charge in [-0.25, -0.2) is 4.98 Å². The Balaban J connectivity index is 1.90. The van der Waals surface area contributed by atoms with Crippen molar-refractivity contribution < 1.29 is 0 Å². The topological polar surface area (TPSA) is 75.1 Å². The smallest absolute Gasteiger partial charge is 0.293 e. The number of H-pyrrole nitrogens is 1. The number of fused-ring (bicyclic) bond motifs is 1. The summed E-state index contributed by atoms with van der Waals surface area (Å²) in [5.41, 5.74) is 1.23. The van der Waals surface area contributed by atoms with Crippen LogP contribution in [-0.2, 0) is 6.54 Å². The van der Waals surface area contributed by atoms with Gasteiger partial charge in [0.1, 0.15) is 5.02 Å². The van der Waals surface area contributed by atoms with E-state index in [1.165, 1.54) is 4.52 Å². The lowest BCUT2D eigenvalue weighted by Crippen LogP contribution is -2.17. The van der Waals surface area contributed by atoms with E-state index in [1.54, 1.807) is 6.92 Å². The Morgan fingerprint density at radius 1 is 1.30 bits per heavy atom. The first-order valence-corrected chi connectivity index (χ1v) is 6.45. The zero-order valence-electron chi connectivity index (χ0n) is 10.7. The number of aromatic nitrogens is 4. The maximum Gasteiger partial charge on any atom is 0.293 e. The van der Waals surface area contributed by atoms with Crippen LogP contribution in [0.2, 0.25) is 5.02 Å². The molecule has 2 N–H and O–H groups in total. The van der Waals surface area contributed by atoms with Crippen LogP contribution in [0.25, 0.3) is 5.78 Å². The molecule has 3 rings (SSSR count). The molecule has 0 unspecified atom stereocenters. The monoisotopic (exact) mass is 289 g/mol. The van der Waals surface area contributed by atoms with Crippen LogP contribution in [0.4, 0.5) is 5.95 Å². The highest BCUT2D eigenvalue weighted by Gasteiger charge is 2.11. The summed E-state index contributed by atoms with van der Waals surface area (Å²) >= 11 is 5.87. The zero-order valence-corrected chi connectivity index (χ0v) is 11.5. The van der Waals surface area contributed by atoms with Gasteiger partial charge in [-0.05, 0) is 12.5 Å². The Bertz CT molecular complexity index is 809. The van der Waals surface area contributed by atoms with E-state index in [9.17, 15) is 4.79 Å². The number of hydrogen-bond acceptors (Lipinski definition) is 4. The molecule has 0 atom stereocenters. The van der Waals surface area contributed by atoms with Crippen molar-refractivity contribution in [3.63, 3.8) is 0 Å². The van der Waals surface area contributed by atoms with Crippen molar-refractivity contribution in [2.45, 2.75) is 13.5 Å². The molecule has 0 spiro atoms. The molecule has 20 heavy (non-hydrogen) atoms. The standard InChI is InChI=1S/C13H12ClN5O/c1-8-10(14)11(20)19-13(16-8)17-12(18-19)15-7-9-5-3-2-4-6-9/h2-6H,7H2,1H3,(H2,15,16,17,18). The molecule has 102 valence electrons. The second-order valence-electron chi connectivity index (χ2n) is 4.36. The number of anilines is 1. The van der Waals surface area contributed by atoms with Crippen LogP contribution >= 0.6 is 11.6 Å². The molecular formula is C13H12ClN5O. The second kappa shape index (κ2) is 4.97. The van der Waals surface area contributed by atoms with E-state index in [4.69, 9.17) is 11.6 Å². The SMILES string of the molecule is Cc1nc2nc(NCc3ccccc3)[nH]n2c(=O)c1Cl. The minimum absolute atomic E-state index is 0.0979. The fraction of sp³-hybridized carbons (Fsp3) is 0.154. The molecule has 0 bridgehead atoms. The van der Waals surface area contributed by atoms with E-state index in [0.29, 0.717) is 24.0 Å². The van der Waals surface area contributed by atoms with Gasteiger partial charge in [0.25, 0.3) is 11.3 Å². The number of nitrogens with zero attached hydrogens (tertiary/aromatic N) is 3. The highest BCUT2D eigenvalue weighted by molar-refractivity contribution is 6.31. The van der Waals surface area contributed by atoms with Gasteiger partial charge in [-0.15, -0.1) is 0 Å². The molecule has 0 amide bonds. The molecule has 3 aromatic rings. The van der Waals surface area contributed by atoms with Crippen molar-refractivity contribution in [1.82, 2.24) is 19.6 Å². The van der Waals surface area contributed by atoms with Crippen molar-refractivity contribution in [2.24, 2.45) is 0 Å². The minimum Gasteiger partial charge on any atom is -0.351 e. The fourth-order valence-corrected chi connectivity index (χ4v) is 1.99. The summed E-state index contributed by atoms with van der Waals surface area (Å²) in [6.45, 7) is 2.28. The maximum atomic E-state index is 11.9. The van der Waals surface area contributed by atoms with Gasteiger partial charge in [0.2, 0.25) is 5.95 Å². The third kappa shape index (κ3) is 2.25. The van der Waals surface area contributed by atoms with Crippen LogP contribution < -0.4 is 10.9 Å². The number of aryl methyl sites for hydroxylation is 1. The molecule has 6 nitrogen and oxygen atoms in total. The zero-order chi connectivity index (χ0) is 14.1. The molecule has 2 aromatic heterocycles. The summed E-state index contributed by atoms with van der Waals surface area (Å²) in [7, 11) is 0. The largest absolute Gasteiger partial charge is 0.351 e. The van der Waals surface area contributed by atoms with Gasteiger partial charge in [-0.3, -0.25) is 9.89 Å². The first-order valence-electron chi connectivity index (χ1n) is 6.08. The summed E-state index contributed by atoms with van der Waals surface area (Å²) in [4.78, 5) is 20.3. The van der Waals surface area contributed by atoms with Gasteiger partial charge in [-0.1, -0.05) is 41.9 Å². The van der Waals surface area contributed by atoms with E-state index < -0.39 is 0 Å². The molecule has 0 aliphatic rings. The lowest BCUT2D eigenvalue weighted by atomic mass is 10.2. The predicted molar refractivity (Wildman–Crippen MR) is 77.1 cm³/mol. The van der Waals surface area contributed by atoms with Crippen molar-refractivity contribution in [3.8, 4) is 0 Å². The number of halogens is 1. The first-order chi connectivity index (χ1) is 9.65. The number of benzene rings is 1. The first kappa shape index (κ1) is 12.7. The van der Waals surface area contributed by atoms with Crippen LogP contribution in [0.15, 0.2) is 35.1 Å². The summed E-state index contributed by atoms with van der Waals surface area (Å²) < 4.78 is 1.22. The average Bonchev–Trinajstić information content (AvgIpc) is 2.87. The average molecular weight is 290 g/mol. The Labute approximate surface area is 119 Å². The summed E-state index contributed by atoms with van der Waals surface area (Å²) in [6, 6.07) is 9.89. The van der Waals surface area contributed by atoms with E-state index in [1.807, 2.05) is 30.3 Å². The van der Waals surface area contributed by atoms with Gasteiger partial charge >= 0.3 is 0 Å². The predicted octanol–water partition coefficient (Wildman–Crippen LogP) is 1.99. The molecule has 0 fully saturated rings. The van der Waals surface area contributed by atoms with E-state index >= 15 is 0 Å². The number of hydrogen-bond donors (Lipinski definition) is 2. The van der Waals surface area contributed by atoms with Gasteiger partial charge in [-0.2, -0.15) is 9.50 Å². The Morgan fingerprint density at radius 3 is 2.80 bits per heavy atom. The Morgan fingerprint density at radius 2 is 2.05 bits per heavy atom. The Hall–Kier alpha value is -2.34. The molecule has 0 aliphatic heterocycles. The van der Waals surface area contributed by atoms with Crippen molar-refractivity contribution >= 4 is 23.3 Å². The van der Waals surface area contributed by atoms with Crippen molar-refractivity contribution in [3.05, 3.63) is 57.0 Å². The molecule has 1 aromatic carbocycles. The van der Waals surface area contributed by atoms with Crippen LogP contribution in [0.3, 0.4) is 0 Å². The molecular weight excluding hydrogens is 278 g/mol. The van der Waals surface area contributed by atoms with Crippen LogP contribution in [0, 0.1) is 6.92 Å². The Kier molecular flexibility index (Phi) is 3.15.